The molecule has 1 aliphatic rings. The van der Waals surface area contributed by atoms with Crippen molar-refractivity contribution in [1.82, 2.24) is 0 Å². The van der Waals surface area contributed by atoms with Crippen LogP contribution < -0.4 is 15.0 Å². The van der Waals surface area contributed by atoms with Crippen molar-refractivity contribution in [3.63, 3.8) is 0 Å². The van der Waals surface area contributed by atoms with E-state index in [4.69, 9.17) is 4.74 Å². The summed E-state index contributed by atoms with van der Waals surface area (Å²) in [6.07, 6.45) is 0. The molecule has 0 spiro atoms. The van der Waals surface area contributed by atoms with Gasteiger partial charge >= 0.3 is 0 Å². The SMILES string of the molecule is CC(=O)c1ccc2c(c1)N(CC(=O)Nc1ccccc1C)C(=O)CO2. The van der Waals surface area contributed by atoms with Crippen LogP contribution in [-0.4, -0.2) is 30.7 Å². The summed E-state index contributed by atoms with van der Waals surface area (Å²) in [5.41, 5.74) is 2.53. The molecule has 0 saturated carbocycles. The molecular weight excluding hydrogens is 320 g/mol. The smallest absolute Gasteiger partial charge is 0.265 e. The fourth-order valence-corrected chi connectivity index (χ4v) is 2.64. The van der Waals surface area contributed by atoms with E-state index in [0.29, 0.717) is 22.7 Å². The molecule has 6 heteroatoms. The van der Waals surface area contributed by atoms with Crippen LogP contribution in [0.2, 0.25) is 0 Å². The monoisotopic (exact) mass is 338 g/mol. The van der Waals surface area contributed by atoms with E-state index < -0.39 is 0 Å². The van der Waals surface area contributed by atoms with Gasteiger partial charge in [-0.05, 0) is 43.7 Å². The van der Waals surface area contributed by atoms with Crippen molar-refractivity contribution in [3.8, 4) is 5.75 Å². The third-order valence-corrected chi connectivity index (χ3v) is 4.03. The van der Waals surface area contributed by atoms with Gasteiger partial charge in [-0.3, -0.25) is 19.3 Å². The van der Waals surface area contributed by atoms with Crippen molar-refractivity contribution >= 4 is 29.0 Å². The molecule has 0 saturated heterocycles. The average molecular weight is 338 g/mol. The zero-order valence-electron chi connectivity index (χ0n) is 14.0. The Hall–Kier alpha value is -3.15. The van der Waals surface area contributed by atoms with Crippen molar-refractivity contribution in [2.45, 2.75) is 13.8 Å². The quantitative estimate of drug-likeness (QED) is 0.870. The van der Waals surface area contributed by atoms with E-state index in [2.05, 4.69) is 5.32 Å². The first-order chi connectivity index (χ1) is 12.0. The number of hydrogen-bond donors (Lipinski definition) is 1. The maximum absolute atomic E-state index is 12.4. The standard InChI is InChI=1S/C19H18N2O4/c1-12-5-3-4-6-15(12)20-18(23)10-21-16-9-14(13(2)22)7-8-17(16)25-11-19(21)24/h3-9H,10-11H2,1-2H3,(H,20,23). The Morgan fingerprint density at radius 2 is 1.96 bits per heavy atom. The van der Waals surface area contributed by atoms with Crippen LogP contribution >= 0.6 is 0 Å². The first kappa shape index (κ1) is 16.7. The Morgan fingerprint density at radius 3 is 2.68 bits per heavy atom. The molecule has 0 radical (unpaired) electrons. The number of ketones is 1. The lowest BCUT2D eigenvalue weighted by Crippen LogP contribution is -2.43. The van der Waals surface area contributed by atoms with Crippen LogP contribution in [0.4, 0.5) is 11.4 Å². The number of anilines is 2. The summed E-state index contributed by atoms with van der Waals surface area (Å²) < 4.78 is 5.39. The number of para-hydroxylation sites is 1. The van der Waals surface area contributed by atoms with E-state index in [9.17, 15) is 14.4 Å². The molecule has 0 bridgehead atoms. The number of fused-ring (bicyclic) bond motifs is 1. The molecule has 1 N–H and O–H groups in total. The minimum absolute atomic E-state index is 0.120. The highest BCUT2D eigenvalue weighted by molar-refractivity contribution is 6.06. The number of nitrogens with one attached hydrogen (secondary N) is 1. The van der Waals surface area contributed by atoms with E-state index in [1.807, 2.05) is 25.1 Å². The summed E-state index contributed by atoms with van der Waals surface area (Å²) in [6, 6.07) is 12.3. The first-order valence-corrected chi connectivity index (χ1v) is 7.89. The summed E-state index contributed by atoms with van der Waals surface area (Å²) >= 11 is 0. The molecule has 128 valence electrons. The van der Waals surface area contributed by atoms with Gasteiger partial charge in [0.25, 0.3) is 5.91 Å². The fourth-order valence-electron chi connectivity index (χ4n) is 2.64. The Morgan fingerprint density at radius 1 is 1.20 bits per heavy atom. The highest BCUT2D eigenvalue weighted by Crippen LogP contribution is 2.33. The summed E-state index contributed by atoms with van der Waals surface area (Å²) in [5, 5.41) is 2.81. The van der Waals surface area contributed by atoms with Crippen molar-refractivity contribution in [3.05, 3.63) is 53.6 Å². The molecule has 0 fully saturated rings. The number of amides is 2. The van der Waals surface area contributed by atoms with Crippen LogP contribution in [0.5, 0.6) is 5.75 Å². The van der Waals surface area contributed by atoms with Gasteiger partial charge < -0.3 is 10.1 Å². The molecule has 0 aromatic heterocycles. The second-order valence-corrected chi connectivity index (χ2v) is 5.87. The van der Waals surface area contributed by atoms with Gasteiger partial charge in [0.15, 0.2) is 12.4 Å². The molecule has 2 aromatic carbocycles. The second-order valence-electron chi connectivity index (χ2n) is 5.87. The maximum Gasteiger partial charge on any atom is 0.265 e. The van der Waals surface area contributed by atoms with Gasteiger partial charge in [-0.15, -0.1) is 0 Å². The van der Waals surface area contributed by atoms with E-state index >= 15 is 0 Å². The lowest BCUT2D eigenvalue weighted by molar-refractivity contribution is -0.123. The van der Waals surface area contributed by atoms with Gasteiger partial charge in [0.1, 0.15) is 12.3 Å². The average Bonchev–Trinajstić information content (AvgIpc) is 2.59. The third-order valence-electron chi connectivity index (χ3n) is 4.03. The normalized spacial score (nSPS) is 13.0. The van der Waals surface area contributed by atoms with Crippen LogP contribution in [0.15, 0.2) is 42.5 Å². The third kappa shape index (κ3) is 3.52. The predicted octanol–water partition coefficient (Wildman–Crippen LogP) is 2.56. The molecule has 2 amide bonds. The maximum atomic E-state index is 12.4. The number of aryl methyl sites for hydroxylation is 1. The van der Waals surface area contributed by atoms with Crippen LogP contribution in [0, 0.1) is 6.92 Å². The Balaban J connectivity index is 1.84. The van der Waals surface area contributed by atoms with Crippen LogP contribution in [0.25, 0.3) is 0 Å². The van der Waals surface area contributed by atoms with Gasteiger partial charge in [0, 0.05) is 11.3 Å². The summed E-state index contributed by atoms with van der Waals surface area (Å²) in [5.74, 6) is -0.282. The lowest BCUT2D eigenvalue weighted by atomic mass is 10.1. The number of carbonyl (C=O) groups is 3. The molecule has 0 aliphatic carbocycles. The molecule has 25 heavy (non-hydrogen) atoms. The molecule has 2 aromatic rings. The van der Waals surface area contributed by atoms with Crippen LogP contribution in [-0.2, 0) is 9.59 Å². The van der Waals surface area contributed by atoms with Crippen molar-refractivity contribution in [2.24, 2.45) is 0 Å². The number of benzene rings is 2. The van der Waals surface area contributed by atoms with E-state index in [0.717, 1.165) is 5.56 Å². The number of Topliss-reactive ketones (excluding diaryl/α,β-unsaturated/α-hetero) is 1. The van der Waals surface area contributed by atoms with Crippen molar-refractivity contribution in [2.75, 3.05) is 23.4 Å². The van der Waals surface area contributed by atoms with Crippen LogP contribution in [0.3, 0.4) is 0 Å². The molecule has 0 unspecified atom stereocenters. The van der Waals surface area contributed by atoms with Crippen LogP contribution in [0.1, 0.15) is 22.8 Å². The van der Waals surface area contributed by atoms with E-state index in [-0.39, 0.29) is 30.7 Å². The zero-order valence-corrected chi connectivity index (χ0v) is 14.0. The minimum Gasteiger partial charge on any atom is -0.482 e. The predicted molar refractivity (Wildman–Crippen MR) is 94.1 cm³/mol. The minimum atomic E-state index is -0.326. The Bertz CT molecular complexity index is 860. The van der Waals surface area contributed by atoms with E-state index in [1.54, 1.807) is 24.3 Å². The molecule has 6 nitrogen and oxygen atoms in total. The summed E-state index contributed by atoms with van der Waals surface area (Å²) in [4.78, 5) is 37.6. The number of hydrogen-bond acceptors (Lipinski definition) is 4. The van der Waals surface area contributed by atoms with Crippen molar-refractivity contribution in [1.29, 1.82) is 0 Å². The summed E-state index contributed by atoms with van der Waals surface area (Å²) in [6.45, 7) is 3.06. The van der Waals surface area contributed by atoms with E-state index in [1.165, 1.54) is 11.8 Å². The van der Waals surface area contributed by atoms with Crippen molar-refractivity contribution < 1.29 is 19.1 Å². The molecule has 1 heterocycles. The van der Waals surface area contributed by atoms with Gasteiger partial charge in [-0.25, -0.2) is 0 Å². The highest BCUT2D eigenvalue weighted by atomic mass is 16.5. The topological polar surface area (TPSA) is 75.7 Å². The lowest BCUT2D eigenvalue weighted by Gasteiger charge is -2.29. The van der Waals surface area contributed by atoms with Gasteiger partial charge in [0.05, 0.1) is 5.69 Å². The molecule has 3 rings (SSSR count). The highest BCUT2D eigenvalue weighted by Gasteiger charge is 2.28. The first-order valence-electron chi connectivity index (χ1n) is 7.89. The Kier molecular flexibility index (Phi) is 4.52. The molecular formula is C19H18N2O4. The molecule has 1 aliphatic heterocycles. The number of ether oxygens (including phenoxy) is 1. The van der Waals surface area contributed by atoms with Gasteiger partial charge in [0.2, 0.25) is 5.91 Å². The zero-order chi connectivity index (χ0) is 18.0. The summed E-state index contributed by atoms with van der Waals surface area (Å²) in [7, 11) is 0. The largest absolute Gasteiger partial charge is 0.482 e. The number of rotatable bonds is 4. The number of nitrogens with zero attached hydrogens (tertiary/aromatic N) is 1. The fraction of sp³-hybridized carbons (Fsp3) is 0.211. The Labute approximate surface area is 145 Å². The van der Waals surface area contributed by atoms with Gasteiger partial charge in [-0.2, -0.15) is 0 Å². The molecule has 0 atom stereocenters. The second kappa shape index (κ2) is 6.76. The van der Waals surface area contributed by atoms with Gasteiger partial charge in [-0.1, -0.05) is 18.2 Å². The number of carbonyl (C=O) groups excluding carboxylic acids is 3.